The van der Waals surface area contributed by atoms with Gasteiger partial charge >= 0.3 is 0 Å². The van der Waals surface area contributed by atoms with Crippen molar-refractivity contribution in [2.24, 2.45) is 5.92 Å². The molecule has 2 aromatic rings. The third-order valence-corrected chi connectivity index (χ3v) is 5.77. The molecule has 0 unspecified atom stereocenters. The number of hydrogen-bond donors (Lipinski definition) is 1. The highest BCUT2D eigenvalue weighted by Crippen LogP contribution is 2.25. The summed E-state index contributed by atoms with van der Waals surface area (Å²) in [4.78, 5) is 15.1. The normalized spacial score (nSPS) is 15.4. The summed E-state index contributed by atoms with van der Waals surface area (Å²) in [6.07, 6.45) is 2.53. The first-order valence-electron chi connectivity index (χ1n) is 10.2. The second-order valence-corrected chi connectivity index (χ2v) is 8.24. The molecule has 1 aromatic heterocycles. The minimum Gasteiger partial charge on any atom is -0.378 e. The van der Waals surface area contributed by atoms with Crippen LogP contribution in [0.1, 0.15) is 61.4 Å². The van der Waals surface area contributed by atoms with E-state index in [1.165, 1.54) is 18.5 Å². The van der Waals surface area contributed by atoms with Crippen LogP contribution in [0.2, 0.25) is 0 Å². The van der Waals surface area contributed by atoms with Gasteiger partial charge in [0.1, 0.15) is 0 Å². The van der Waals surface area contributed by atoms with Crippen LogP contribution < -0.4 is 10.2 Å². The molecule has 0 atom stereocenters. The first kappa shape index (κ1) is 19.5. The number of aryl methyl sites for hydroxylation is 1. The lowest BCUT2D eigenvalue weighted by molar-refractivity contribution is 0.101. The molecule has 2 heterocycles. The predicted octanol–water partition coefficient (Wildman–Crippen LogP) is 5.22. The molecule has 0 aliphatic carbocycles. The summed E-state index contributed by atoms with van der Waals surface area (Å²) < 4.78 is 2.22. The summed E-state index contributed by atoms with van der Waals surface area (Å²) >= 11 is 0. The third-order valence-electron chi connectivity index (χ3n) is 5.77. The Morgan fingerprint density at radius 1 is 1.15 bits per heavy atom. The molecular formula is C23H33N3O. The monoisotopic (exact) mass is 367 g/mol. The Balaban J connectivity index is 1.60. The van der Waals surface area contributed by atoms with E-state index in [0.29, 0.717) is 12.6 Å². The molecule has 1 aliphatic heterocycles. The van der Waals surface area contributed by atoms with Crippen molar-refractivity contribution in [1.29, 1.82) is 0 Å². The van der Waals surface area contributed by atoms with Gasteiger partial charge in [-0.1, -0.05) is 6.92 Å². The Kier molecular flexibility index (Phi) is 5.93. The van der Waals surface area contributed by atoms with Crippen LogP contribution in [0.15, 0.2) is 30.3 Å². The number of nitrogens with zero attached hydrogens (tertiary/aromatic N) is 2. The van der Waals surface area contributed by atoms with Gasteiger partial charge in [0.05, 0.1) is 6.54 Å². The predicted molar refractivity (Wildman–Crippen MR) is 114 cm³/mol. The van der Waals surface area contributed by atoms with Crippen LogP contribution >= 0.6 is 0 Å². The highest BCUT2D eigenvalue weighted by Gasteiger charge is 2.18. The van der Waals surface area contributed by atoms with Crippen molar-refractivity contribution in [3.63, 3.8) is 0 Å². The van der Waals surface area contributed by atoms with Gasteiger partial charge in [-0.05, 0) is 76.8 Å². The Morgan fingerprint density at radius 2 is 1.78 bits per heavy atom. The van der Waals surface area contributed by atoms with E-state index in [4.69, 9.17) is 0 Å². The Hall–Kier alpha value is -2.23. The number of aromatic nitrogens is 1. The van der Waals surface area contributed by atoms with Crippen molar-refractivity contribution < 1.29 is 4.79 Å². The van der Waals surface area contributed by atoms with Gasteiger partial charge in [-0.3, -0.25) is 4.79 Å². The zero-order valence-corrected chi connectivity index (χ0v) is 17.4. The van der Waals surface area contributed by atoms with E-state index in [1.54, 1.807) is 0 Å². The Morgan fingerprint density at radius 3 is 2.33 bits per heavy atom. The van der Waals surface area contributed by atoms with Gasteiger partial charge in [0, 0.05) is 47.5 Å². The fourth-order valence-corrected chi connectivity index (χ4v) is 4.19. The lowest BCUT2D eigenvalue weighted by Crippen LogP contribution is -2.32. The molecule has 0 radical (unpaired) electrons. The standard InChI is InChI=1S/C23H33N3O/c1-16(2)26-18(4)14-22(19(26)5)23(27)15-24-20-6-8-21(9-7-20)25-12-10-17(3)11-13-25/h6-9,14,16-17,24H,10-13,15H2,1-5H3. The van der Waals surface area contributed by atoms with Crippen molar-refractivity contribution in [3.05, 3.63) is 47.3 Å². The van der Waals surface area contributed by atoms with Crippen LogP contribution in [-0.4, -0.2) is 30.0 Å². The maximum atomic E-state index is 12.7. The van der Waals surface area contributed by atoms with Gasteiger partial charge in [-0.15, -0.1) is 0 Å². The lowest BCUT2D eigenvalue weighted by atomic mass is 9.99. The van der Waals surface area contributed by atoms with E-state index in [0.717, 1.165) is 41.6 Å². The quantitative estimate of drug-likeness (QED) is 0.712. The van der Waals surface area contributed by atoms with E-state index in [2.05, 4.69) is 66.7 Å². The van der Waals surface area contributed by atoms with Gasteiger partial charge < -0.3 is 14.8 Å². The molecule has 1 aromatic carbocycles. The van der Waals surface area contributed by atoms with Crippen molar-refractivity contribution in [2.45, 2.75) is 53.5 Å². The van der Waals surface area contributed by atoms with E-state index in [9.17, 15) is 4.79 Å². The Bertz CT molecular complexity index is 781. The summed E-state index contributed by atoms with van der Waals surface area (Å²) in [5.41, 5.74) is 5.30. The van der Waals surface area contributed by atoms with Gasteiger partial charge in [0.15, 0.2) is 5.78 Å². The SMILES string of the molecule is Cc1cc(C(=O)CNc2ccc(N3CCC(C)CC3)cc2)c(C)n1C(C)C. The molecule has 4 heteroatoms. The number of anilines is 2. The van der Waals surface area contributed by atoms with Crippen molar-refractivity contribution >= 4 is 17.2 Å². The van der Waals surface area contributed by atoms with Gasteiger partial charge in [-0.25, -0.2) is 0 Å². The summed E-state index contributed by atoms with van der Waals surface area (Å²) in [6, 6.07) is 10.9. The molecule has 0 amide bonds. The molecule has 1 N–H and O–H groups in total. The smallest absolute Gasteiger partial charge is 0.183 e. The number of nitrogens with one attached hydrogen (secondary N) is 1. The molecule has 1 saturated heterocycles. The molecule has 0 bridgehead atoms. The van der Waals surface area contributed by atoms with E-state index in [1.807, 2.05) is 13.0 Å². The minimum absolute atomic E-state index is 0.143. The molecule has 0 spiro atoms. The maximum absolute atomic E-state index is 12.7. The summed E-state index contributed by atoms with van der Waals surface area (Å²) in [7, 11) is 0. The van der Waals surface area contributed by atoms with E-state index in [-0.39, 0.29) is 5.78 Å². The second kappa shape index (κ2) is 8.20. The van der Waals surface area contributed by atoms with Crippen LogP contribution in [0.5, 0.6) is 0 Å². The molecule has 4 nitrogen and oxygen atoms in total. The molecule has 0 saturated carbocycles. The van der Waals surface area contributed by atoms with E-state index >= 15 is 0 Å². The number of benzene rings is 1. The van der Waals surface area contributed by atoms with Crippen LogP contribution in [-0.2, 0) is 0 Å². The van der Waals surface area contributed by atoms with Gasteiger partial charge in [-0.2, -0.15) is 0 Å². The summed E-state index contributed by atoms with van der Waals surface area (Å²) in [6.45, 7) is 13.3. The van der Waals surface area contributed by atoms with Gasteiger partial charge in [0.2, 0.25) is 0 Å². The summed E-state index contributed by atoms with van der Waals surface area (Å²) in [5, 5.41) is 3.29. The molecule has 1 fully saturated rings. The van der Waals surface area contributed by atoms with Crippen LogP contribution in [0.25, 0.3) is 0 Å². The summed E-state index contributed by atoms with van der Waals surface area (Å²) in [5.74, 6) is 0.981. The highest BCUT2D eigenvalue weighted by molar-refractivity contribution is 6.00. The topological polar surface area (TPSA) is 37.3 Å². The van der Waals surface area contributed by atoms with Crippen molar-refractivity contribution in [1.82, 2.24) is 4.57 Å². The minimum atomic E-state index is 0.143. The third kappa shape index (κ3) is 4.37. The first-order chi connectivity index (χ1) is 12.9. The number of ketones is 1. The number of rotatable bonds is 6. The zero-order valence-electron chi connectivity index (χ0n) is 17.4. The van der Waals surface area contributed by atoms with Crippen molar-refractivity contribution in [2.75, 3.05) is 29.9 Å². The van der Waals surface area contributed by atoms with Crippen LogP contribution in [0, 0.1) is 19.8 Å². The first-order valence-corrected chi connectivity index (χ1v) is 10.2. The Labute approximate surface area is 163 Å². The largest absolute Gasteiger partial charge is 0.378 e. The molecule has 146 valence electrons. The number of carbonyl (C=O) groups excluding carboxylic acids is 1. The average molecular weight is 368 g/mol. The van der Waals surface area contributed by atoms with Gasteiger partial charge in [0.25, 0.3) is 0 Å². The molecule has 27 heavy (non-hydrogen) atoms. The number of Topliss-reactive ketones (excluding diaryl/α,β-unsaturated/α-hetero) is 1. The highest BCUT2D eigenvalue weighted by atomic mass is 16.1. The number of hydrogen-bond acceptors (Lipinski definition) is 3. The zero-order chi connectivity index (χ0) is 19.6. The second-order valence-electron chi connectivity index (χ2n) is 8.24. The van der Waals surface area contributed by atoms with Crippen LogP contribution in [0.3, 0.4) is 0 Å². The molecule has 3 rings (SSSR count). The molecular weight excluding hydrogens is 334 g/mol. The molecule has 1 aliphatic rings. The van der Waals surface area contributed by atoms with Crippen LogP contribution in [0.4, 0.5) is 11.4 Å². The maximum Gasteiger partial charge on any atom is 0.183 e. The number of carbonyl (C=O) groups is 1. The lowest BCUT2D eigenvalue weighted by Gasteiger charge is -2.32. The van der Waals surface area contributed by atoms with Crippen molar-refractivity contribution in [3.8, 4) is 0 Å². The number of piperidine rings is 1. The van der Waals surface area contributed by atoms with E-state index < -0.39 is 0 Å². The average Bonchev–Trinajstić information content (AvgIpc) is 2.95. The fraction of sp³-hybridized carbons (Fsp3) is 0.522. The fourth-order valence-electron chi connectivity index (χ4n) is 4.19.